The summed E-state index contributed by atoms with van der Waals surface area (Å²) in [7, 11) is -0.654. The molecule has 0 radical (unpaired) electrons. The van der Waals surface area contributed by atoms with Crippen LogP contribution in [0.2, 0.25) is 0 Å². The van der Waals surface area contributed by atoms with Crippen molar-refractivity contribution in [2.75, 3.05) is 24.6 Å². The van der Waals surface area contributed by atoms with E-state index in [9.17, 15) is 9.00 Å². The maximum absolute atomic E-state index is 11.4. The molecule has 1 aliphatic heterocycles. The van der Waals surface area contributed by atoms with Crippen LogP contribution in [0.25, 0.3) is 0 Å². The second-order valence-electron chi connectivity index (χ2n) is 4.30. The first-order valence-corrected chi connectivity index (χ1v) is 7.35. The molecule has 98 valence electrons. The molecule has 5 nitrogen and oxygen atoms in total. The zero-order valence-electron chi connectivity index (χ0n) is 10.1. The molecule has 0 unspecified atom stereocenters. The van der Waals surface area contributed by atoms with E-state index < -0.39 is 10.8 Å². The van der Waals surface area contributed by atoms with E-state index in [1.54, 1.807) is 6.07 Å². The van der Waals surface area contributed by atoms with Gasteiger partial charge in [-0.2, -0.15) is 0 Å². The highest BCUT2D eigenvalue weighted by Crippen LogP contribution is 2.10. The van der Waals surface area contributed by atoms with E-state index in [0.29, 0.717) is 5.56 Å². The summed E-state index contributed by atoms with van der Waals surface area (Å²) >= 11 is 0. The fourth-order valence-corrected chi connectivity index (χ4v) is 3.11. The van der Waals surface area contributed by atoms with E-state index in [1.807, 2.05) is 18.2 Å². The van der Waals surface area contributed by atoms with E-state index >= 15 is 0 Å². The molecule has 1 aliphatic rings. The lowest BCUT2D eigenvalue weighted by Crippen LogP contribution is -2.37. The van der Waals surface area contributed by atoms with Gasteiger partial charge in [-0.15, -0.1) is 0 Å². The minimum Gasteiger partial charge on any atom is -0.297 e. The highest BCUT2D eigenvalue weighted by molar-refractivity contribution is 7.85. The Morgan fingerprint density at radius 3 is 2.78 bits per heavy atom. The lowest BCUT2D eigenvalue weighted by atomic mass is 10.1. The monoisotopic (exact) mass is 267 g/mol. The number of nitrogens with zero attached hydrogens (tertiary/aromatic N) is 1. The van der Waals surface area contributed by atoms with Gasteiger partial charge in [0, 0.05) is 47.5 Å². The van der Waals surface area contributed by atoms with Crippen LogP contribution in [0.5, 0.6) is 0 Å². The lowest BCUT2D eigenvalue weighted by molar-refractivity contribution is 0.0953. The lowest BCUT2D eigenvalue weighted by Gasteiger charge is -2.26. The van der Waals surface area contributed by atoms with Crippen molar-refractivity contribution in [3.05, 3.63) is 35.4 Å². The number of nitrogens with one attached hydrogen (secondary N) is 1. The Balaban J connectivity index is 2.01. The van der Waals surface area contributed by atoms with Crippen molar-refractivity contribution in [2.24, 2.45) is 5.84 Å². The second-order valence-corrected chi connectivity index (χ2v) is 5.99. The second kappa shape index (κ2) is 6.08. The van der Waals surface area contributed by atoms with Crippen LogP contribution in [0.4, 0.5) is 0 Å². The van der Waals surface area contributed by atoms with E-state index in [-0.39, 0.29) is 5.91 Å². The first kappa shape index (κ1) is 13.2. The van der Waals surface area contributed by atoms with Gasteiger partial charge in [-0.1, -0.05) is 12.1 Å². The number of carbonyl (C=O) groups excluding carboxylic acids is 1. The summed E-state index contributed by atoms with van der Waals surface area (Å²) in [6.07, 6.45) is 0. The molecule has 1 amide bonds. The number of nitrogen functional groups attached to an aromatic ring is 1. The minimum absolute atomic E-state index is 0.281. The van der Waals surface area contributed by atoms with Gasteiger partial charge in [0.15, 0.2) is 0 Å². The SMILES string of the molecule is NNC(=O)c1cccc(CN2CCS(=O)CC2)c1. The minimum atomic E-state index is -0.654. The van der Waals surface area contributed by atoms with Crippen LogP contribution in [-0.2, 0) is 17.3 Å². The smallest absolute Gasteiger partial charge is 0.265 e. The number of hydrazine groups is 1. The number of carbonyl (C=O) groups is 1. The van der Waals surface area contributed by atoms with Gasteiger partial charge in [0.25, 0.3) is 5.91 Å². The normalized spacial score (nSPS) is 17.6. The van der Waals surface area contributed by atoms with E-state index in [1.165, 1.54) is 0 Å². The molecule has 1 heterocycles. The van der Waals surface area contributed by atoms with Gasteiger partial charge in [-0.25, -0.2) is 5.84 Å². The fourth-order valence-electron chi connectivity index (χ4n) is 1.99. The van der Waals surface area contributed by atoms with Crippen LogP contribution >= 0.6 is 0 Å². The highest BCUT2D eigenvalue weighted by Gasteiger charge is 2.15. The van der Waals surface area contributed by atoms with Crippen LogP contribution in [0.3, 0.4) is 0 Å². The molecule has 1 aromatic rings. The van der Waals surface area contributed by atoms with Crippen LogP contribution in [0.1, 0.15) is 15.9 Å². The average Bonchev–Trinajstić information content (AvgIpc) is 2.41. The third-order valence-electron chi connectivity index (χ3n) is 3.00. The summed E-state index contributed by atoms with van der Waals surface area (Å²) in [4.78, 5) is 13.7. The van der Waals surface area contributed by atoms with Crippen LogP contribution in [-0.4, -0.2) is 39.6 Å². The number of amides is 1. The van der Waals surface area contributed by atoms with Crippen molar-refractivity contribution in [3.8, 4) is 0 Å². The largest absolute Gasteiger partial charge is 0.297 e. The third kappa shape index (κ3) is 3.38. The molecule has 18 heavy (non-hydrogen) atoms. The number of nitrogens with two attached hydrogens (primary N) is 1. The molecular formula is C12H17N3O2S. The predicted molar refractivity (Wildman–Crippen MR) is 71.2 cm³/mol. The molecule has 3 N–H and O–H groups in total. The molecule has 0 atom stereocenters. The number of hydrogen-bond donors (Lipinski definition) is 2. The molecule has 0 aromatic heterocycles. The molecule has 0 saturated carbocycles. The molecule has 6 heteroatoms. The van der Waals surface area contributed by atoms with Gasteiger partial charge >= 0.3 is 0 Å². The van der Waals surface area contributed by atoms with Gasteiger partial charge in [0.1, 0.15) is 0 Å². The maximum Gasteiger partial charge on any atom is 0.265 e. The third-order valence-corrected chi connectivity index (χ3v) is 4.27. The topological polar surface area (TPSA) is 75.4 Å². The Labute approximate surface area is 109 Å². The molecule has 0 aliphatic carbocycles. The molecule has 1 saturated heterocycles. The van der Waals surface area contributed by atoms with Gasteiger partial charge in [-0.05, 0) is 17.7 Å². The molecule has 0 spiro atoms. The number of rotatable bonds is 3. The zero-order valence-corrected chi connectivity index (χ0v) is 10.9. The van der Waals surface area contributed by atoms with Crippen molar-refractivity contribution < 1.29 is 9.00 Å². The van der Waals surface area contributed by atoms with Gasteiger partial charge < -0.3 is 0 Å². The van der Waals surface area contributed by atoms with Crippen molar-refractivity contribution in [1.82, 2.24) is 10.3 Å². The average molecular weight is 267 g/mol. The highest BCUT2D eigenvalue weighted by atomic mass is 32.2. The quantitative estimate of drug-likeness (QED) is 0.454. The maximum atomic E-state index is 11.4. The molecule has 1 aromatic carbocycles. The zero-order chi connectivity index (χ0) is 13.0. The number of hydrogen-bond acceptors (Lipinski definition) is 4. The van der Waals surface area contributed by atoms with Crippen molar-refractivity contribution in [2.45, 2.75) is 6.54 Å². The summed E-state index contributed by atoms with van der Waals surface area (Å²) in [5, 5.41) is 0. The van der Waals surface area contributed by atoms with Gasteiger partial charge in [-0.3, -0.25) is 19.3 Å². The Morgan fingerprint density at radius 2 is 2.11 bits per heavy atom. The number of benzene rings is 1. The first-order chi connectivity index (χ1) is 8.69. The summed E-state index contributed by atoms with van der Waals surface area (Å²) in [5.41, 5.74) is 3.76. The summed E-state index contributed by atoms with van der Waals surface area (Å²) in [6, 6.07) is 7.41. The molecule has 0 bridgehead atoms. The van der Waals surface area contributed by atoms with E-state index in [4.69, 9.17) is 5.84 Å². The van der Waals surface area contributed by atoms with Gasteiger partial charge in [0.2, 0.25) is 0 Å². The first-order valence-electron chi connectivity index (χ1n) is 5.86. The Hall–Kier alpha value is -1.24. The van der Waals surface area contributed by atoms with E-state index in [0.717, 1.165) is 36.7 Å². The Kier molecular flexibility index (Phi) is 4.46. The fraction of sp³-hybridized carbons (Fsp3) is 0.417. The van der Waals surface area contributed by atoms with Crippen molar-refractivity contribution >= 4 is 16.7 Å². The van der Waals surface area contributed by atoms with Crippen LogP contribution in [0.15, 0.2) is 24.3 Å². The van der Waals surface area contributed by atoms with Crippen LogP contribution < -0.4 is 11.3 Å². The molecule has 2 rings (SSSR count). The Bertz CT molecular complexity index is 454. The summed E-state index contributed by atoms with van der Waals surface area (Å²) in [5.74, 6) is 6.31. The van der Waals surface area contributed by atoms with Gasteiger partial charge in [0.05, 0.1) is 0 Å². The molecule has 1 fully saturated rings. The van der Waals surface area contributed by atoms with Crippen molar-refractivity contribution in [3.63, 3.8) is 0 Å². The van der Waals surface area contributed by atoms with Crippen LogP contribution in [0, 0.1) is 0 Å². The Morgan fingerprint density at radius 1 is 1.39 bits per heavy atom. The van der Waals surface area contributed by atoms with E-state index in [2.05, 4.69) is 10.3 Å². The summed E-state index contributed by atoms with van der Waals surface area (Å²) < 4.78 is 11.3. The molecular weight excluding hydrogens is 250 g/mol. The summed E-state index contributed by atoms with van der Waals surface area (Å²) in [6.45, 7) is 2.47. The predicted octanol–water partition coefficient (Wildman–Crippen LogP) is -0.146. The standard InChI is InChI=1S/C12H17N3O2S/c13-14-12(16)11-3-1-2-10(8-11)9-15-4-6-18(17)7-5-15/h1-3,8H,4-7,9,13H2,(H,14,16). The van der Waals surface area contributed by atoms with Crippen molar-refractivity contribution in [1.29, 1.82) is 0 Å².